The van der Waals surface area contributed by atoms with Gasteiger partial charge in [-0.3, -0.25) is 14.9 Å². The smallest absolute Gasteiger partial charge is 0.353 e. The summed E-state index contributed by atoms with van der Waals surface area (Å²) in [6.45, 7) is 3.00. The first-order chi connectivity index (χ1) is 13.5. The van der Waals surface area contributed by atoms with Crippen molar-refractivity contribution in [3.05, 3.63) is 46.3 Å². The highest BCUT2D eigenvalue weighted by atomic mass is 16.6. The quantitative estimate of drug-likeness (QED) is 0.459. The van der Waals surface area contributed by atoms with Crippen LogP contribution in [0, 0.1) is 16.0 Å². The molecule has 0 amide bonds. The number of piperidine rings is 1. The number of benzene rings is 1. The Hall–Kier alpha value is -3.23. The summed E-state index contributed by atoms with van der Waals surface area (Å²) in [6.07, 6.45) is 3.24. The van der Waals surface area contributed by atoms with Gasteiger partial charge in [-0.15, -0.1) is 0 Å². The van der Waals surface area contributed by atoms with Gasteiger partial charge < -0.3 is 15.0 Å². The largest absolute Gasteiger partial charge is 0.469 e. The Morgan fingerprint density at radius 3 is 2.68 bits per heavy atom. The zero-order valence-electron chi connectivity index (χ0n) is 15.9. The second-order valence-electron chi connectivity index (χ2n) is 6.57. The number of ether oxygens (including phenoxy) is 1. The lowest BCUT2D eigenvalue weighted by Gasteiger charge is -2.31. The lowest BCUT2D eigenvalue weighted by Crippen LogP contribution is -2.37. The number of hydrogen-bond acceptors (Lipinski definition) is 8. The van der Waals surface area contributed by atoms with E-state index in [1.54, 1.807) is 0 Å². The molecule has 2 aromatic rings. The van der Waals surface area contributed by atoms with Crippen molar-refractivity contribution in [2.45, 2.75) is 26.2 Å². The highest BCUT2D eigenvalue weighted by molar-refractivity contribution is 5.76. The minimum absolute atomic E-state index is 0.158. The molecule has 0 aliphatic carbocycles. The van der Waals surface area contributed by atoms with E-state index in [9.17, 15) is 14.9 Å². The number of nitrogens with one attached hydrogen (secondary N) is 1. The molecule has 0 spiro atoms. The van der Waals surface area contributed by atoms with Crippen molar-refractivity contribution in [3.63, 3.8) is 0 Å². The number of aryl methyl sites for hydroxylation is 1. The van der Waals surface area contributed by atoms with Crippen LogP contribution < -0.4 is 10.2 Å². The van der Waals surface area contributed by atoms with Crippen molar-refractivity contribution >= 4 is 29.0 Å². The molecule has 0 atom stereocenters. The van der Waals surface area contributed by atoms with Crippen LogP contribution in [0.4, 0.5) is 23.0 Å². The van der Waals surface area contributed by atoms with E-state index in [-0.39, 0.29) is 29.2 Å². The molecule has 0 radical (unpaired) electrons. The molecule has 148 valence electrons. The van der Waals surface area contributed by atoms with Crippen LogP contribution in [0.25, 0.3) is 0 Å². The monoisotopic (exact) mass is 385 g/mol. The van der Waals surface area contributed by atoms with Gasteiger partial charge >= 0.3 is 11.7 Å². The van der Waals surface area contributed by atoms with Crippen molar-refractivity contribution in [2.24, 2.45) is 5.92 Å². The molecule has 0 saturated carbocycles. The summed E-state index contributed by atoms with van der Waals surface area (Å²) in [5, 5.41) is 14.9. The average Bonchev–Trinajstić information content (AvgIpc) is 2.73. The molecule has 28 heavy (non-hydrogen) atoms. The van der Waals surface area contributed by atoms with Gasteiger partial charge in [-0.05, 0) is 30.9 Å². The lowest BCUT2D eigenvalue weighted by atomic mass is 9.97. The molecule has 9 nitrogen and oxygen atoms in total. The summed E-state index contributed by atoms with van der Waals surface area (Å²) in [7, 11) is 1.37. The molecule has 1 fully saturated rings. The van der Waals surface area contributed by atoms with E-state index < -0.39 is 4.92 Å². The third-order valence-corrected chi connectivity index (χ3v) is 4.97. The number of rotatable bonds is 6. The van der Waals surface area contributed by atoms with Crippen molar-refractivity contribution in [3.8, 4) is 0 Å². The average molecular weight is 385 g/mol. The molecular weight excluding hydrogens is 362 g/mol. The first-order valence-corrected chi connectivity index (χ1v) is 9.22. The van der Waals surface area contributed by atoms with E-state index in [2.05, 4.69) is 15.3 Å². The van der Waals surface area contributed by atoms with E-state index in [0.29, 0.717) is 25.9 Å². The summed E-state index contributed by atoms with van der Waals surface area (Å²) in [4.78, 5) is 33.2. The maximum absolute atomic E-state index is 11.8. The Bertz CT molecular complexity index is 865. The van der Waals surface area contributed by atoms with Gasteiger partial charge in [0.05, 0.1) is 18.0 Å². The van der Waals surface area contributed by atoms with E-state index in [0.717, 1.165) is 17.7 Å². The van der Waals surface area contributed by atoms with Crippen molar-refractivity contribution in [2.75, 3.05) is 30.4 Å². The molecule has 0 bridgehead atoms. The minimum Gasteiger partial charge on any atom is -0.469 e. The first kappa shape index (κ1) is 19.5. The minimum atomic E-state index is -0.460. The number of aromatic nitrogens is 2. The second-order valence-corrected chi connectivity index (χ2v) is 6.57. The van der Waals surface area contributed by atoms with Crippen LogP contribution in [-0.2, 0) is 16.0 Å². The molecule has 1 aliphatic rings. The third kappa shape index (κ3) is 4.03. The van der Waals surface area contributed by atoms with Crippen LogP contribution >= 0.6 is 0 Å². The van der Waals surface area contributed by atoms with E-state index >= 15 is 0 Å². The van der Waals surface area contributed by atoms with Gasteiger partial charge in [-0.2, -0.15) is 0 Å². The van der Waals surface area contributed by atoms with Gasteiger partial charge in [0.25, 0.3) is 0 Å². The topological polar surface area (TPSA) is 110 Å². The van der Waals surface area contributed by atoms with Gasteiger partial charge in [0.1, 0.15) is 6.33 Å². The van der Waals surface area contributed by atoms with Gasteiger partial charge in [-0.25, -0.2) is 9.97 Å². The fourth-order valence-electron chi connectivity index (χ4n) is 3.43. The summed E-state index contributed by atoms with van der Waals surface area (Å²) < 4.78 is 4.80. The number of carbonyl (C=O) groups excluding carboxylic acids is 1. The van der Waals surface area contributed by atoms with Crippen molar-refractivity contribution in [1.29, 1.82) is 0 Å². The molecule has 9 heteroatoms. The molecule has 3 rings (SSSR count). The maximum atomic E-state index is 11.8. The molecular formula is C19H23N5O4. The molecule has 1 aromatic heterocycles. The molecule has 1 aromatic carbocycles. The summed E-state index contributed by atoms with van der Waals surface area (Å²) in [5.41, 5.74) is 1.66. The number of nitro groups is 1. The van der Waals surface area contributed by atoms with Crippen molar-refractivity contribution in [1.82, 2.24) is 9.97 Å². The van der Waals surface area contributed by atoms with Gasteiger partial charge in [0, 0.05) is 18.8 Å². The molecule has 1 saturated heterocycles. The van der Waals surface area contributed by atoms with Gasteiger partial charge in [0.2, 0.25) is 11.6 Å². The molecule has 1 aliphatic heterocycles. The SMILES string of the molecule is CCc1ccccc1Nc1ncnc(N2CCC(C(=O)OC)CC2)c1[N+](=O)[O-]. The molecule has 0 unspecified atom stereocenters. The first-order valence-electron chi connectivity index (χ1n) is 9.22. The predicted molar refractivity (Wildman–Crippen MR) is 105 cm³/mol. The number of carbonyl (C=O) groups is 1. The standard InChI is InChI=1S/C19H23N5O4/c1-3-13-6-4-5-7-15(13)22-17-16(24(26)27)18(21-12-20-17)23-10-8-14(9-11-23)19(25)28-2/h4-7,12,14H,3,8-11H2,1-2H3,(H,20,21,22). The Morgan fingerprint density at radius 1 is 1.32 bits per heavy atom. The summed E-state index contributed by atoms with van der Waals surface area (Å²) in [6, 6.07) is 7.63. The Balaban J connectivity index is 1.88. The second kappa shape index (κ2) is 8.64. The Morgan fingerprint density at radius 2 is 2.04 bits per heavy atom. The third-order valence-electron chi connectivity index (χ3n) is 4.97. The molecule has 1 N–H and O–H groups in total. The van der Waals surface area contributed by atoms with Gasteiger partial charge in [0.15, 0.2) is 0 Å². The van der Waals surface area contributed by atoms with Crippen LogP contribution in [0.3, 0.4) is 0 Å². The van der Waals surface area contributed by atoms with E-state index in [1.165, 1.54) is 13.4 Å². The van der Waals surface area contributed by atoms with Crippen LogP contribution in [-0.4, -0.2) is 41.1 Å². The normalized spacial score (nSPS) is 14.6. The van der Waals surface area contributed by atoms with Crippen molar-refractivity contribution < 1.29 is 14.5 Å². The van der Waals surface area contributed by atoms with E-state index in [1.807, 2.05) is 36.1 Å². The van der Waals surface area contributed by atoms with Gasteiger partial charge in [-0.1, -0.05) is 25.1 Å². The van der Waals surface area contributed by atoms with E-state index in [4.69, 9.17) is 4.74 Å². The van der Waals surface area contributed by atoms with Crippen LogP contribution in [0.1, 0.15) is 25.3 Å². The number of nitrogens with zero attached hydrogens (tertiary/aromatic N) is 4. The zero-order chi connectivity index (χ0) is 20.1. The number of esters is 1. The van der Waals surface area contributed by atoms with Crippen LogP contribution in [0.5, 0.6) is 0 Å². The fraction of sp³-hybridized carbons (Fsp3) is 0.421. The Kier molecular flexibility index (Phi) is 6.03. The highest BCUT2D eigenvalue weighted by Gasteiger charge is 2.32. The van der Waals surface area contributed by atoms with Crippen LogP contribution in [0.2, 0.25) is 0 Å². The summed E-state index contributed by atoms with van der Waals surface area (Å²) >= 11 is 0. The molecule has 2 heterocycles. The maximum Gasteiger partial charge on any atom is 0.353 e. The summed E-state index contributed by atoms with van der Waals surface area (Å²) in [5.74, 6) is -0.00248. The Labute approximate surface area is 162 Å². The van der Waals surface area contributed by atoms with Crippen LogP contribution in [0.15, 0.2) is 30.6 Å². The number of hydrogen-bond donors (Lipinski definition) is 1. The number of para-hydroxylation sites is 1. The number of anilines is 3. The predicted octanol–water partition coefficient (Wildman–Crippen LogP) is 3.08. The zero-order valence-corrected chi connectivity index (χ0v) is 15.9. The lowest BCUT2D eigenvalue weighted by molar-refractivity contribution is -0.383. The number of methoxy groups -OCH3 is 1. The fourth-order valence-corrected chi connectivity index (χ4v) is 3.43. The highest BCUT2D eigenvalue weighted by Crippen LogP contribution is 2.36.